The van der Waals surface area contributed by atoms with Crippen molar-refractivity contribution in [1.82, 2.24) is 5.01 Å². The fourth-order valence-corrected chi connectivity index (χ4v) is 4.52. The van der Waals surface area contributed by atoms with E-state index in [2.05, 4.69) is 39.1 Å². The van der Waals surface area contributed by atoms with Gasteiger partial charge in [0.05, 0.1) is 26.0 Å². The maximum Gasteiger partial charge on any atom is 0.213 e. The molecule has 5 nitrogen and oxygen atoms in total. The fraction of sp³-hybridized carbons (Fsp3) is 0.208. The number of para-hydroxylation sites is 1. The highest BCUT2D eigenvalue weighted by atomic mass is 79.9. The summed E-state index contributed by atoms with van der Waals surface area (Å²) < 4.78 is 18.3. The van der Waals surface area contributed by atoms with Crippen LogP contribution < -0.4 is 14.2 Å². The zero-order valence-electron chi connectivity index (χ0n) is 16.7. The molecule has 0 aromatic heterocycles. The molecule has 6 heteroatoms. The number of hydrazone groups is 1. The van der Waals surface area contributed by atoms with Gasteiger partial charge in [-0.05, 0) is 36.4 Å². The Morgan fingerprint density at radius 3 is 2.60 bits per heavy atom. The lowest BCUT2D eigenvalue weighted by atomic mass is 9.96. The van der Waals surface area contributed by atoms with Gasteiger partial charge in [0.2, 0.25) is 6.23 Å². The van der Waals surface area contributed by atoms with E-state index in [0.717, 1.165) is 39.0 Å². The summed E-state index contributed by atoms with van der Waals surface area (Å²) >= 11 is 3.58. The van der Waals surface area contributed by atoms with Gasteiger partial charge < -0.3 is 14.2 Å². The highest BCUT2D eigenvalue weighted by Gasteiger charge is 2.40. The minimum Gasteiger partial charge on any atom is -0.493 e. The second-order valence-corrected chi connectivity index (χ2v) is 8.20. The molecule has 0 radical (unpaired) electrons. The molecule has 0 N–H and O–H groups in total. The molecule has 3 aromatic rings. The molecule has 0 aliphatic carbocycles. The van der Waals surface area contributed by atoms with Crippen molar-refractivity contribution in [3.8, 4) is 17.2 Å². The van der Waals surface area contributed by atoms with Gasteiger partial charge in [0.25, 0.3) is 0 Å². The number of ether oxygens (including phenoxy) is 3. The molecule has 2 aliphatic rings. The van der Waals surface area contributed by atoms with E-state index >= 15 is 0 Å². The summed E-state index contributed by atoms with van der Waals surface area (Å²) in [5.74, 6) is 2.31. The Hall–Kier alpha value is -2.99. The number of rotatable bonds is 4. The first kappa shape index (κ1) is 19.0. The first-order valence-electron chi connectivity index (χ1n) is 9.77. The van der Waals surface area contributed by atoms with Gasteiger partial charge in [-0.3, -0.25) is 0 Å². The molecule has 0 bridgehead atoms. The van der Waals surface area contributed by atoms with Crippen LogP contribution >= 0.6 is 15.9 Å². The van der Waals surface area contributed by atoms with Gasteiger partial charge in [-0.2, -0.15) is 5.10 Å². The molecule has 2 atom stereocenters. The molecule has 0 spiro atoms. The van der Waals surface area contributed by atoms with Crippen molar-refractivity contribution in [2.75, 3.05) is 14.2 Å². The van der Waals surface area contributed by atoms with E-state index < -0.39 is 0 Å². The zero-order chi connectivity index (χ0) is 20.7. The van der Waals surface area contributed by atoms with E-state index in [1.165, 1.54) is 0 Å². The summed E-state index contributed by atoms with van der Waals surface area (Å²) in [5.41, 5.74) is 4.23. The third kappa shape index (κ3) is 3.21. The van der Waals surface area contributed by atoms with E-state index in [1.54, 1.807) is 14.2 Å². The number of halogens is 1. The molecular formula is C24H21BrN2O3. The van der Waals surface area contributed by atoms with Gasteiger partial charge in [0, 0.05) is 27.6 Å². The Balaban J connectivity index is 1.58. The second-order valence-electron chi connectivity index (χ2n) is 7.28. The van der Waals surface area contributed by atoms with Crippen molar-refractivity contribution >= 4 is 21.6 Å². The van der Waals surface area contributed by atoms with Crippen LogP contribution in [0.2, 0.25) is 0 Å². The van der Waals surface area contributed by atoms with Gasteiger partial charge >= 0.3 is 0 Å². The predicted octanol–water partition coefficient (Wildman–Crippen LogP) is 5.71. The number of hydrogen-bond donors (Lipinski definition) is 0. The van der Waals surface area contributed by atoms with Gasteiger partial charge in [0.15, 0.2) is 11.5 Å². The Morgan fingerprint density at radius 1 is 0.967 bits per heavy atom. The molecule has 0 amide bonds. The number of nitrogens with zero attached hydrogens (tertiary/aromatic N) is 2. The molecular weight excluding hydrogens is 444 g/mol. The maximum absolute atomic E-state index is 6.41. The van der Waals surface area contributed by atoms with Gasteiger partial charge in [0.1, 0.15) is 5.75 Å². The lowest BCUT2D eigenvalue weighted by molar-refractivity contribution is -0.0190. The summed E-state index contributed by atoms with van der Waals surface area (Å²) in [6, 6.07) is 22.5. The molecule has 0 saturated heterocycles. The van der Waals surface area contributed by atoms with Crippen molar-refractivity contribution in [3.63, 3.8) is 0 Å². The van der Waals surface area contributed by atoms with Crippen molar-refractivity contribution in [2.24, 2.45) is 5.10 Å². The Kier molecular flexibility index (Phi) is 4.87. The summed E-state index contributed by atoms with van der Waals surface area (Å²) in [4.78, 5) is 0. The minimum absolute atomic E-state index is 0.113. The summed E-state index contributed by atoms with van der Waals surface area (Å²) in [5, 5.41) is 7.09. The molecule has 2 heterocycles. The van der Waals surface area contributed by atoms with Crippen LogP contribution in [0.15, 0.2) is 76.3 Å². The molecule has 0 unspecified atom stereocenters. The summed E-state index contributed by atoms with van der Waals surface area (Å²) in [6.45, 7) is 0. The Labute approximate surface area is 184 Å². The van der Waals surface area contributed by atoms with Crippen molar-refractivity contribution in [1.29, 1.82) is 0 Å². The molecule has 0 saturated carbocycles. The average Bonchev–Trinajstić information content (AvgIpc) is 3.24. The normalized spacial score (nSPS) is 19.4. The van der Waals surface area contributed by atoms with Gasteiger partial charge in [-0.1, -0.05) is 46.3 Å². The van der Waals surface area contributed by atoms with Crippen LogP contribution in [0.1, 0.15) is 35.4 Å². The third-order valence-corrected chi connectivity index (χ3v) is 6.04. The third-order valence-electron chi connectivity index (χ3n) is 5.55. The zero-order valence-corrected chi connectivity index (χ0v) is 18.3. The number of hydrogen-bond acceptors (Lipinski definition) is 5. The van der Waals surface area contributed by atoms with E-state index in [9.17, 15) is 0 Å². The van der Waals surface area contributed by atoms with E-state index in [4.69, 9.17) is 19.3 Å². The lowest BCUT2D eigenvalue weighted by Crippen LogP contribution is -2.33. The first-order chi connectivity index (χ1) is 14.7. The molecule has 0 fully saturated rings. The first-order valence-corrected chi connectivity index (χ1v) is 10.6. The Morgan fingerprint density at radius 2 is 1.80 bits per heavy atom. The highest BCUT2D eigenvalue weighted by Crippen LogP contribution is 2.47. The molecule has 2 aliphatic heterocycles. The van der Waals surface area contributed by atoms with Gasteiger partial charge in [-0.25, -0.2) is 5.01 Å². The van der Waals surface area contributed by atoms with Crippen molar-refractivity contribution in [3.05, 3.63) is 87.9 Å². The maximum atomic E-state index is 6.41. The lowest BCUT2D eigenvalue weighted by Gasteiger charge is -2.38. The molecule has 3 aromatic carbocycles. The quantitative estimate of drug-likeness (QED) is 0.495. The predicted molar refractivity (Wildman–Crippen MR) is 119 cm³/mol. The van der Waals surface area contributed by atoms with E-state index in [-0.39, 0.29) is 12.3 Å². The minimum atomic E-state index is -0.292. The SMILES string of the molecule is COc1ccc(C2=NN3[C@H](C2)c2ccccc2O[C@H]3c2cccc(Br)c2)cc1OC. The largest absolute Gasteiger partial charge is 0.493 e. The molecule has 30 heavy (non-hydrogen) atoms. The van der Waals surface area contributed by atoms with Crippen LogP contribution in [0.3, 0.4) is 0 Å². The summed E-state index contributed by atoms with van der Waals surface area (Å²) in [6.07, 6.45) is 0.500. The van der Waals surface area contributed by atoms with Crippen LogP contribution in [-0.4, -0.2) is 24.9 Å². The van der Waals surface area contributed by atoms with Crippen LogP contribution in [0.25, 0.3) is 0 Å². The average molecular weight is 465 g/mol. The van der Waals surface area contributed by atoms with E-state index in [0.29, 0.717) is 11.5 Å². The van der Waals surface area contributed by atoms with Crippen LogP contribution in [0.4, 0.5) is 0 Å². The van der Waals surface area contributed by atoms with Crippen LogP contribution in [-0.2, 0) is 0 Å². The molecule has 152 valence electrons. The second kappa shape index (κ2) is 7.69. The van der Waals surface area contributed by atoms with Gasteiger partial charge in [-0.15, -0.1) is 0 Å². The summed E-state index contributed by atoms with van der Waals surface area (Å²) in [7, 11) is 3.29. The van der Waals surface area contributed by atoms with Crippen LogP contribution in [0.5, 0.6) is 17.2 Å². The topological polar surface area (TPSA) is 43.3 Å². The smallest absolute Gasteiger partial charge is 0.213 e. The molecule has 5 rings (SSSR count). The van der Waals surface area contributed by atoms with Crippen LogP contribution in [0, 0.1) is 0 Å². The van der Waals surface area contributed by atoms with Crippen molar-refractivity contribution in [2.45, 2.75) is 18.7 Å². The van der Waals surface area contributed by atoms with E-state index in [1.807, 2.05) is 48.5 Å². The Bertz CT molecular complexity index is 1130. The standard InChI is InChI=1S/C24H21BrN2O3/c1-28-22-11-10-15(13-23(22)29-2)19-14-20-18-8-3-4-9-21(18)30-24(27(20)26-19)16-6-5-7-17(25)12-16/h3-13,20,24H,14H2,1-2H3/t20-,24+/m1/s1. The number of benzene rings is 3. The van der Waals surface area contributed by atoms with Crippen molar-refractivity contribution < 1.29 is 14.2 Å². The fourth-order valence-electron chi connectivity index (χ4n) is 4.10. The number of methoxy groups -OCH3 is 2. The number of fused-ring (bicyclic) bond motifs is 3. The monoisotopic (exact) mass is 464 g/mol. The highest BCUT2D eigenvalue weighted by molar-refractivity contribution is 9.10.